The number of rotatable bonds is 10. The molecule has 0 aliphatic heterocycles. The van der Waals surface area contributed by atoms with E-state index in [2.05, 4.69) is 40.2 Å². The number of nitrogens with zero attached hydrogens (tertiary/aromatic N) is 2. The Labute approximate surface area is 220 Å². The lowest BCUT2D eigenvalue weighted by atomic mass is 10.0. The van der Waals surface area contributed by atoms with E-state index in [0.29, 0.717) is 43.4 Å². The first-order valence-corrected chi connectivity index (χ1v) is 12.5. The van der Waals surface area contributed by atoms with E-state index in [1.165, 1.54) is 5.06 Å². The average Bonchev–Trinajstić information content (AvgIpc) is 2.92. The number of hydrogen-bond donors (Lipinski definition) is 1. The van der Waals surface area contributed by atoms with E-state index in [1.807, 2.05) is 73.7 Å². The molecular weight excluding hydrogens is 516 g/mol. The summed E-state index contributed by atoms with van der Waals surface area (Å²) in [5, 5.41) is 20.5. The van der Waals surface area contributed by atoms with E-state index in [4.69, 9.17) is 14.7 Å². The van der Waals surface area contributed by atoms with Crippen molar-refractivity contribution in [3.8, 4) is 28.7 Å². The van der Waals surface area contributed by atoms with Crippen LogP contribution >= 0.6 is 15.9 Å². The summed E-state index contributed by atoms with van der Waals surface area (Å²) in [6, 6.07) is 31.5. The van der Waals surface area contributed by atoms with Gasteiger partial charge in [0, 0.05) is 28.2 Å². The summed E-state index contributed by atoms with van der Waals surface area (Å²) in [5.41, 5.74) is 5.60. The van der Waals surface area contributed by atoms with Gasteiger partial charge in [0.25, 0.3) is 0 Å². The molecule has 0 atom stereocenters. The normalized spacial score (nSPS) is 10.8. The minimum atomic E-state index is 0.300. The third-order valence-corrected chi connectivity index (χ3v) is 6.70. The molecule has 182 valence electrons. The SMILES string of the molecule is CCN(O)Cc1ccc(OCc2cccc(-c3ccccc3)c2Br)cc1OCc1cccc(C#N)c1. The highest BCUT2D eigenvalue weighted by Crippen LogP contribution is 2.32. The van der Waals surface area contributed by atoms with Crippen LogP contribution in [0.25, 0.3) is 11.1 Å². The van der Waals surface area contributed by atoms with Crippen LogP contribution in [-0.4, -0.2) is 16.8 Å². The molecule has 0 amide bonds. The maximum absolute atomic E-state index is 10.1. The zero-order chi connectivity index (χ0) is 25.3. The van der Waals surface area contributed by atoms with Gasteiger partial charge in [0.15, 0.2) is 0 Å². The quantitative estimate of drug-likeness (QED) is 0.212. The zero-order valence-corrected chi connectivity index (χ0v) is 21.6. The van der Waals surface area contributed by atoms with Crippen LogP contribution in [0.5, 0.6) is 11.5 Å². The van der Waals surface area contributed by atoms with Crippen LogP contribution in [0.15, 0.2) is 95.5 Å². The van der Waals surface area contributed by atoms with E-state index in [-0.39, 0.29) is 0 Å². The Morgan fingerprint density at radius 2 is 1.67 bits per heavy atom. The molecule has 5 nitrogen and oxygen atoms in total. The Morgan fingerprint density at radius 3 is 2.44 bits per heavy atom. The summed E-state index contributed by atoms with van der Waals surface area (Å²) in [6.45, 7) is 3.38. The topological polar surface area (TPSA) is 65.7 Å². The van der Waals surface area contributed by atoms with Crippen LogP contribution in [0.2, 0.25) is 0 Å². The van der Waals surface area contributed by atoms with Crippen molar-refractivity contribution in [2.24, 2.45) is 0 Å². The van der Waals surface area contributed by atoms with Gasteiger partial charge in [-0.25, -0.2) is 0 Å². The molecule has 0 saturated carbocycles. The van der Waals surface area contributed by atoms with E-state index >= 15 is 0 Å². The fraction of sp³-hybridized carbons (Fsp3) is 0.167. The Balaban J connectivity index is 1.53. The summed E-state index contributed by atoms with van der Waals surface area (Å²) < 4.78 is 13.3. The maximum Gasteiger partial charge on any atom is 0.128 e. The van der Waals surface area contributed by atoms with Crippen LogP contribution < -0.4 is 9.47 Å². The molecule has 0 heterocycles. The molecule has 0 saturated heterocycles. The average molecular weight is 543 g/mol. The van der Waals surface area contributed by atoms with Crippen molar-refractivity contribution in [3.63, 3.8) is 0 Å². The Kier molecular flexibility index (Phi) is 8.75. The minimum Gasteiger partial charge on any atom is -0.489 e. The molecule has 0 aliphatic carbocycles. The molecule has 4 rings (SSSR count). The first-order valence-electron chi connectivity index (χ1n) is 11.7. The van der Waals surface area contributed by atoms with Crippen molar-refractivity contribution in [1.29, 1.82) is 5.26 Å². The van der Waals surface area contributed by atoms with Gasteiger partial charge in [0.1, 0.15) is 24.7 Å². The third kappa shape index (κ3) is 6.52. The van der Waals surface area contributed by atoms with Gasteiger partial charge in [-0.1, -0.05) is 73.7 Å². The fourth-order valence-electron chi connectivity index (χ4n) is 3.78. The molecule has 0 aliphatic rings. The highest BCUT2D eigenvalue weighted by atomic mass is 79.9. The monoisotopic (exact) mass is 542 g/mol. The van der Waals surface area contributed by atoms with Crippen LogP contribution in [0.4, 0.5) is 0 Å². The second kappa shape index (κ2) is 12.4. The lowest BCUT2D eigenvalue weighted by molar-refractivity contribution is -0.0950. The van der Waals surface area contributed by atoms with Crippen molar-refractivity contribution in [2.45, 2.75) is 26.7 Å². The molecule has 0 aromatic heterocycles. The van der Waals surface area contributed by atoms with Crippen LogP contribution in [0.3, 0.4) is 0 Å². The molecule has 1 N–H and O–H groups in total. The maximum atomic E-state index is 10.1. The van der Waals surface area contributed by atoms with E-state index in [0.717, 1.165) is 32.3 Å². The van der Waals surface area contributed by atoms with Gasteiger partial charge in [-0.15, -0.1) is 0 Å². The smallest absolute Gasteiger partial charge is 0.128 e. The molecule has 0 spiro atoms. The summed E-state index contributed by atoms with van der Waals surface area (Å²) >= 11 is 3.75. The van der Waals surface area contributed by atoms with Crippen molar-refractivity contribution >= 4 is 15.9 Å². The predicted molar refractivity (Wildman–Crippen MR) is 144 cm³/mol. The number of nitriles is 1. The van der Waals surface area contributed by atoms with Crippen molar-refractivity contribution in [1.82, 2.24) is 5.06 Å². The number of benzene rings is 4. The number of hydroxylamine groups is 2. The molecular formula is C30H27BrN2O3. The van der Waals surface area contributed by atoms with E-state index in [9.17, 15) is 5.21 Å². The molecule has 36 heavy (non-hydrogen) atoms. The van der Waals surface area contributed by atoms with Crippen molar-refractivity contribution in [2.75, 3.05) is 6.54 Å². The van der Waals surface area contributed by atoms with Gasteiger partial charge < -0.3 is 14.7 Å². The molecule has 0 bridgehead atoms. The van der Waals surface area contributed by atoms with E-state index < -0.39 is 0 Å². The van der Waals surface area contributed by atoms with Crippen LogP contribution in [0.1, 0.15) is 29.2 Å². The van der Waals surface area contributed by atoms with Crippen molar-refractivity contribution < 1.29 is 14.7 Å². The lowest BCUT2D eigenvalue weighted by Crippen LogP contribution is -2.18. The summed E-state index contributed by atoms with van der Waals surface area (Å²) in [6.07, 6.45) is 0. The summed E-state index contributed by atoms with van der Waals surface area (Å²) in [4.78, 5) is 0. The van der Waals surface area contributed by atoms with Gasteiger partial charge in [-0.05, 0) is 50.8 Å². The second-order valence-electron chi connectivity index (χ2n) is 8.28. The molecule has 6 heteroatoms. The van der Waals surface area contributed by atoms with Gasteiger partial charge in [-0.3, -0.25) is 0 Å². The molecule has 4 aromatic carbocycles. The van der Waals surface area contributed by atoms with E-state index in [1.54, 1.807) is 6.07 Å². The van der Waals surface area contributed by atoms with Crippen LogP contribution in [0, 0.1) is 11.3 Å². The van der Waals surface area contributed by atoms with Gasteiger partial charge in [0.05, 0.1) is 18.2 Å². The number of hydrogen-bond acceptors (Lipinski definition) is 5. The Hall–Kier alpha value is -3.63. The van der Waals surface area contributed by atoms with Gasteiger partial charge >= 0.3 is 0 Å². The summed E-state index contributed by atoms with van der Waals surface area (Å²) in [7, 11) is 0. The first-order chi connectivity index (χ1) is 17.6. The molecule has 0 radical (unpaired) electrons. The molecule has 0 unspecified atom stereocenters. The second-order valence-corrected chi connectivity index (χ2v) is 9.08. The van der Waals surface area contributed by atoms with Gasteiger partial charge in [0.2, 0.25) is 0 Å². The fourth-order valence-corrected chi connectivity index (χ4v) is 4.39. The Bertz CT molecular complexity index is 1350. The highest BCUT2D eigenvalue weighted by Gasteiger charge is 2.12. The standard InChI is InChI=1S/C30H27BrN2O3/c1-2-33(34)19-25-14-15-27(17-29(25)36-20-23-9-6-8-22(16-23)18-32)35-21-26-12-7-13-28(30(26)31)24-10-4-3-5-11-24/h3-17,34H,2,19-21H2,1H3. The number of ether oxygens (including phenoxy) is 2. The van der Waals surface area contributed by atoms with Crippen molar-refractivity contribution in [3.05, 3.63) is 118 Å². The predicted octanol–water partition coefficient (Wildman–Crippen LogP) is 7.36. The largest absolute Gasteiger partial charge is 0.489 e. The number of halogens is 1. The van der Waals surface area contributed by atoms with Gasteiger partial charge in [-0.2, -0.15) is 10.3 Å². The minimum absolute atomic E-state index is 0.300. The Morgan fingerprint density at radius 1 is 0.861 bits per heavy atom. The zero-order valence-electron chi connectivity index (χ0n) is 20.0. The highest BCUT2D eigenvalue weighted by molar-refractivity contribution is 9.10. The molecule has 4 aromatic rings. The first kappa shape index (κ1) is 25.5. The third-order valence-electron chi connectivity index (χ3n) is 5.76. The molecule has 0 fully saturated rings. The van der Waals surface area contributed by atoms with Crippen LogP contribution in [-0.2, 0) is 19.8 Å². The summed E-state index contributed by atoms with van der Waals surface area (Å²) in [5.74, 6) is 1.29. The lowest BCUT2D eigenvalue weighted by Gasteiger charge is -2.18.